The van der Waals surface area contributed by atoms with Crippen molar-refractivity contribution >= 4 is 40.6 Å². The number of nitrogens with zero attached hydrogens (tertiary/aromatic N) is 2. The molecule has 150 valence electrons. The minimum Gasteiger partial charge on any atom is -0.508 e. The van der Waals surface area contributed by atoms with Crippen LogP contribution in [0.5, 0.6) is 5.75 Å². The normalized spacial score (nSPS) is 16.8. The second kappa shape index (κ2) is 8.96. The molecule has 1 aliphatic rings. The Morgan fingerprint density at radius 1 is 1.24 bits per heavy atom. The molecule has 1 amide bonds. The number of hydrogen-bond donors (Lipinski definition) is 1. The van der Waals surface area contributed by atoms with Gasteiger partial charge in [0.25, 0.3) is 5.91 Å². The monoisotopic (exact) mass is 410 g/mol. The Labute approximate surface area is 173 Å². The summed E-state index contributed by atoms with van der Waals surface area (Å²) < 4.78 is 5.23. The van der Waals surface area contributed by atoms with Crippen LogP contribution in [0.3, 0.4) is 0 Å². The summed E-state index contributed by atoms with van der Waals surface area (Å²) in [4.78, 5) is 31.6. The van der Waals surface area contributed by atoms with Crippen molar-refractivity contribution in [1.82, 2.24) is 4.90 Å². The second-order valence-electron chi connectivity index (χ2n) is 6.65. The lowest BCUT2D eigenvalue weighted by Gasteiger charge is -2.12. The number of phenols is 1. The molecule has 7 heteroatoms. The van der Waals surface area contributed by atoms with E-state index in [4.69, 9.17) is 4.74 Å². The smallest absolute Gasteiger partial charge is 0.338 e. The molecule has 3 rings (SSSR count). The lowest BCUT2D eigenvalue weighted by molar-refractivity contribution is -0.122. The standard InChI is InChI=1S/C22H22N2O4S/c1-4-24-20(26)19(12-15-7-5-10-18(25)11-15)29-22(24)23-17-9-6-8-16(13-17)21(27)28-14(2)3/h5-14,25H,4H2,1-3H3/b19-12+,23-22?. The van der Waals surface area contributed by atoms with Gasteiger partial charge in [-0.2, -0.15) is 0 Å². The first-order valence-electron chi connectivity index (χ1n) is 9.27. The van der Waals surface area contributed by atoms with E-state index in [1.807, 2.05) is 13.0 Å². The number of ether oxygens (including phenoxy) is 1. The third-order valence-electron chi connectivity index (χ3n) is 4.02. The molecular formula is C22H22N2O4S. The average molecular weight is 410 g/mol. The van der Waals surface area contributed by atoms with E-state index < -0.39 is 5.97 Å². The van der Waals surface area contributed by atoms with E-state index in [9.17, 15) is 14.7 Å². The predicted octanol–water partition coefficient (Wildman–Crippen LogP) is 4.58. The molecule has 0 radical (unpaired) electrons. The zero-order chi connectivity index (χ0) is 21.0. The molecule has 6 nitrogen and oxygen atoms in total. The Hall–Kier alpha value is -3.06. The minimum absolute atomic E-state index is 0.140. The zero-order valence-electron chi connectivity index (χ0n) is 16.5. The first-order chi connectivity index (χ1) is 13.9. The number of aliphatic imine (C=N–C) groups is 1. The number of benzene rings is 2. The largest absolute Gasteiger partial charge is 0.508 e. The van der Waals surface area contributed by atoms with E-state index in [1.54, 1.807) is 67.3 Å². The number of rotatable bonds is 5. The molecule has 0 aromatic heterocycles. The number of esters is 1. The topological polar surface area (TPSA) is 79.2 Å². The van der Waals surface area contributed by atoms with Crippen molar-refractivity contribution < 1.29 is 19.4 Å². The fraction of sp³-hybridized carbons (Fsp3) is 0.227. The molecule has 2 aromatic rings. The molecule has 0 aliphatic carbocycles. The highest BCUT2D eigenvalue weighted by atomic mass is 32.2. The molecule has 2 aromatic carbocycles. The van der Waals surface area contributed by atoms with Crippen LogP contribution in [0.1, 0.15) is 36.7 Å². The molecule has 0 saturated carbocycles. The van der Waals surface area contributed by atoms with E-state index in [0.29, 0.717) is 27.9 Å². The highest BCUT2D eigenvalue weighted by Gasteiger charge is 2.32. The Morgan fingerprint density at radius 3 is 2.69 bits per heavy atom. The number of aromatic hydroxyl groups is 1. The molecule has 29 heavy (non-hydrogen) atoms. The van der Waals surface area contributed by atoms with Gasteiger partial charge in [-0.1, -0.05) is 18.2 Å². The molecule has 1 saturated heterocycles. The van der Waals surface area contributed by atoms with E-state index in [-0.39, 0.29) is 17.8 Å². The Morgan fingerprint density at radius 2 is 2.00 bits per heavy atom. The lowest BCUT2D eigenvalue weighted by atomic mass is 10.2. The van der Waals surface area contributed by atoms with Crippen molar-refractivity contribution in [2.45, 2.75) is 26.9 Å². The van der Waals surface area contributed by atoms with Gasteiger partial charge in [-0.15, -0.1) is 0 Å². The van der Waals surface area contributed by atoms with Gasteiger partial charge in [0.1, 0.15) is 5.75 Å². The summed E-state index contributed by atoms with van der Waals surface area (Å²) >= 11 is 1.26. The van der Waals surface area contributed by atoms with E-state index in [1.165, 1.54) is 11.8 Å². The number of hydrogen-bond acceptors (Lipinski definition) is 6. The van der Waals surface area contributed by atoms with E-state index in [0.717, 1.165) is 5.56 Å². The van der Waals surface area contributed by atoms with Crippen LogP contribution in [-0.4, -0.2) is 39.7 Å². The van der Waals surface area contributed by atoms with Gasteiger partial charge >= 0.3 is 5.97 Å². The number of amidine groups is 1. The molecule has 0 bridgehead atoms. The first-order valence-corrected chi connectivity index (χ1v) is 10.1. The van der Waals surface area contributed by atoms with Gasteiger partial charge in [0.15, 0.2) is 5.17 Å². The Balaban J connectivity index is 1.89. The van der Waals surface area contributed by atoms with Crippen molar-refractivity contribution in [3.8, 4) is 5.75 Å². The first kappa shape index (κ1) is 20.7. The number of amides is 1. The van der Waals surface area contributed by atoms with Crippen LogP contribution in [0, 0.1) is 0 Å². The fourth-order valence-electron chi connectivity index (χ4n) is 2.73. The number of likely N-dealkylation sites (N-methyl/N-ethyl adjacent to an activating group) is 1. The van der Waals surface area contributed by atoms with Gasteiger partial charge in [-0.3, -0.25) is 9.69 Å². The highest BCUT2D eigenvalue weighted by Crippen LogP contribution is 2.34. The predicted molar refractivity (Wildman–Crippen MR) is 115 cm³/mol. The summed E-state index contributed by atoms with van der Waals surface area (Å²) in [5, 5.41) is 10.2. The van der Waals surface area contributed by atoms with Gasteiger partial charge in [-0.25, -0.2) is 9.79 Å². The second-order valence-corrected chi connectivity index (χ2v) is 7.66. The van der Waals surface area contributed by atoms with Gasteiger partial charge in [-0.05, 0) is 74.5 Å². The summed E-state index contributed by atoms with van der Waals surface area (Å²) in [6.07, 6.45) is 1.52. The van der Waals surface area contributed by atoms with Crippen LogP contribution < -0.4 is 0 Å². The van der Waals surface area contributed by atoms with Crippen molar-refractivity contribution in [1.29, 1.82) is 0 Å². The molecule has 1 heterocycles. The maximum atomic E-state index is 12.7. The molecular weight excluding hydrogens is 388 g/mol. The van der Waals surface area contributed by atoms with Crippen LogP contribution in [0.25, 0.3) is 6.08 Å². The number of thioether (sulfide) groups is 1. The maximum absolute atomic E-state index is 12.7. The highest BCUT2D eigenvalue weighted by molar-refractivity contribution is 8.18. The van der Waals surface area contributed by atoms with E-state index >= 15 is 0 Å². The van der Waals surface area contributed by atoms with Crippen molar-refractivity contribution in [2.24, 2.45) is 4.99 Å². The summed E-state index contributed by atoms with van der Waals surface area (Å²) in [5.74, 6) is -0.412. The molecule has 0 atom stereocenters. The average Bonchev–Trinajstić information content (AvgIpc) is 2.95. The Kier molecular flexibility index (Phi) is 6.39. The van der Waals surface area contributed by atoms with Crippen LogP contribution >= 0.6 is 11.8 Å². The van der Waals surface area contributed by atoms with Gasteiger partial charge in [0.05, 0.1) is 22.3 Å². The van der Waals surface area contributed by atoms with Crippen LogP contribution in [-0.2, 0) is 9.53 Å². The lowest BCUT2D eigenvalue weighted by Crippen LogP contribution is -2.28. The molecule has 0 unspecified atom stereocenters. The molecule has 1 N–H and O–H groups in total. The number of carbonyl (C=O) groups is 2. The van der Waals surface area contributed by atoms with Crippen LogP contribution in [0.4, 0.5) is 5.69 Å². The van der Waals surface area contributed by atoms with Crippen molar-refractivity contribution in [2.75, 3.05) is 6.54 Å². The van der Waals surface area contributed by atoms with Gasteiger partial charge < -0.3 is 9.84 Å². The third kappa shape index (κ3) is 5.06. The van der Waals surface area contributed by atoms with Gasteiger partial charge in [0.2, 0.25) is 0 Å². The number of carbonyl (C=O) groups excluding carboxylic acids is 2. The zero-order valence-corrected chi connectivity index (χ0v) is 17.3. The fourth-order valence-corrected chi connectivity index (χ4v) is 3.79. The summed E-state index contributed by atoms with van der Waals surface area (Å²) in [5.41, 5.74) is 1.71. The summed E-state index contributed by atoms with van der Waals surface area (Å²) in [7, 11) is 0. The van der Waals surface area contributed by atoms with Crippen molar-refractivity contribution in [3.05, 3.63) is 64.6 Å². The molecule has 0 spiro atoms. The summed E-state index contributed by atoms with van der Waals surface area (Å²) in [6.45, 7) is 5.93. The minimum atomic E-state index is -0.408. The Bertz CT molecular complexity index is 998. The SMILES string of the molecule is CCN1C(=O)/C(=C\c2cccc(O)c2)SC1=Nc1cccc(C(=O)OC(C)C)c1. The van der Waals surface area contributed by atoms with Crippen LogP contribution in [0.2, 0.25) is 0 Å². The summed E-state index contributed by atoms with van der Waals surface area (Å²) in [6, 6.07) is 13.5. The van der Waals surface area contributed by atoms with Gasteiger partial charge in [0, 0.05) is 6.54 Å². The molecule has 1 aliphatic heterocycles. The van der Waals surface area contributed by atoms with E-state index in [2.05, 4.69) is 4.99 Å². The quantitative estimate of drug-likeness (QED) is 0.576. The number of phenolic OH excluding ortho intramolecular Hbond substituents is 1. The molecule has 1 fully saturated rings. The van der Waals surface area contributed by atoms with Crippen molar-refractivity contribution in [3.63, 3.8) is 0 Å². The maximum Gasteiger partial charge on any atom is 0.338 e. The van der Waals surface area contributed by atoms with Crippen LogP contribution in [0.15, 0.2) is 58.4 Å². The third-order valence-corrected chi connectivity index (χ3v) is 5.03.